The van der Waals surface area contributed by atoms with Gasteiger partial charge in [0.05, 0.1) is 13.2 Å². The summed E-state index contributed by atoms with van der Waals surface area (Å²) in [6, 6.07) is 6.90. The van der Waals surface area contributed by atoms with E-state index in [9.17, 15) is 4.79 Å². The molecular weight excluding hydrogens is 179 g/mol. The molecule has 0 spiro atoms. The molecular formula is C10H9BO3. The summed E-state index contributed by atoms with van der Waals surface area (Å²) in [7, 11) is 5.53. The molecule has 0 aliphatic carbocycles. The van der Waals surface area contributed by atoms with E-state index in [1.54, 1.807) is 24.3 Å². The van der Waals surface area contributed by atoms with Gasteiger partial charge in [-0.15, -0.1) is 0 Å². The second kappa shape index (κ2) is 3.13. The van der Waals surface area contributed by atoms with Crippen LogP contribution in [0.1, 0.15) is 5.56 Å². The molecule has 0 atom stereocenters. The highest BCUT2D eigenvalue weighted by Crippen LogP contribution is 2.32. The predicted molar refractivity (Wildman–Crippen MR) is 52.0 cm³/mol. The monoisotopic (exact) mass is 188 g/mol. The molecule has 2 rings (SSSR count). The Bertz CT molecular complexity index is 354. The molecule has 1 aromatic carbocycles. The van der Waals surface area contributed by atoms with Crippen LogP contribution in [0.4, 0.5) is 0 Å². The summed E-state index contributed by atoms with van der Waals surface area (Å²) in [6.07, 6.45) is 0. The number of benzene rings is 1. The first-order chi connectivity index (χ1) is 6.65. The summed E-state index contributed by atoms with van der Waals surface area (Å²) in [5.41, 5.74) is 0.535. The number of carboxylic acid groups (broad SMARTS) is 1. The fraction of sp³-hybridized carbons (Fsp3) is 0.300. The molecule has 3 nitrogen and oxygen atoms in total. The first-order valence-electron chi connectivity index (χ1n) is 4.32. The van der Waals surface area contributed by atoms with E-state index >= 15 is 0 Å². The Hall–Kier alpha value is -1.29. The van der Waals surface area contributed by atoms with Crippen LogP contribution in [0, 0.1) is 0 Å². The van der Waals surface area contributed by atoms with Crippen molar-refractivity contribution in [2.45, 2.75) is 5.41 Å². The Labute approximate surface area is 83.1 Å². The normalized spacial score (nSPS) is 18.6. The average Bonchev–Trinajstić information content (AvgIpc) is 2.05. The van der Waals surface area contributed by atoms with Gasteiger partial charge >= 0.3 is 5.97 Å². The maximum Gasteiger partial charge on any atom is 0.318 e. The summed E-state index contributed by atoms with van der Waals surface area (Å²) < 4.78 is 4.97. The molecule has 1 aliphatic heterocycles. The second-order valence-electron chi connectivity index (χ2n) is 3.50. The number of rotatable bonds is 2. The fourth-order valence-corrected chi connectivity index (χ4v) is 1.52. The lowest BCUT2D eigenvalue weighted by Gasteiger charge is -2.37. The minimum atomic E-state index is -0.853. The summed E-state index contributed by atoms with van der Waals surface area (Å²) in [5.74, 6) is -0.839. The van der Waals surface area contributed by atoms with Gasteiger partial charge in [0.1, 0.15) is 13.3 Å². The molecule has 1 aromatic rings. The molecule has 0 bridgehead atoms. The Balaban J connectivity index is 2.37. The molecule has 14 heavy (non-hydrogen) atoms. The van der Waals surface area contributed by atoms with Gasteiger partial charge in [0, 0.05) is 0 Å². The van der Waals surface area contributed by atoms with E-state index in [1.807, 2.05) is 0 Å². The Morgan fingerprint density at radius 3 is 2.29 bits per heavy atom. The minimum Gasteiger partial charge on any atom is -0.480 e. The van der Waals surface area contributed by atoms with Crippen LogP contribution in [-0.4, -0.2) is 32.1 Å². The third-order valence-corrected chi connectivity index (χ3v) is 2.57. The fourth-order valence-electron chi connectivity index (χ4n) is 1.52. The molecule has 0 unspecified atom stereocenters. The van der Waals surface area contributed by atoms with Crippen molar-refractivity contribution < 1.29 is 14.6 Å². The van der Waals surface area contributed by atoms with Crippen LogP contribution in [0.3, 0.4) is 0 Å². The summed E-state index contributed by atoms with van der Waals surface area (Å²) in [4.78, 5) is 11.1. The van der Waals surface area contributed by atoms with Gasteiger partial charge in [0.2, 0.25) is 0 Å². The number of ether oxygens (including phenoxy) is 1. The SMILES string of the molecule is [B]c1ccc(C2(C(=O)O)COC2)cc1. The smallest absolute Gasteiger partial charge is 0.318 e. The largest absolute Gasteiger partial charge is 0.480 e. The summed E-state index contributed by atoms with van der Waals surface area (Å²) in [5, 5.41) is 9.10. The van der Waals surface area contributed by atoms with Gasteiger partial charge in [0.25, 0.3) is 0 Å². The van der Waals surface area contributed by atoms with E-state index in [-0.39, 0.29) is 13.2 Å². The number of hydrogen-bond acceptors (Lipinski definition) is 2. The van der Waals surface area contributed by atoms with Crippen molar-refractivity contribution >= 4 is 19.3 Å². The summed E-state index contributed by atoms with van der Waals surface area (Å²) in [6.45, 7) is 0.485. The molecule has 0 saturated carbocycles. The van der Waals surface area contributed by atoms with Crippen LogP contribution in [0.5, 0.6) is 0 Å². The van der Waals surface area contributed by atoms with Crippen LogP contribution in [0.15, 0.2) is 24.3 Å². The van der Waals surface area contributed by atoms with Crippen molar-refractivity contribution in [3.8, 4) is 0 Å². The van der Waals surface area contributed by atoms with E-state index in [4.69, 9.17) is 17.7 Å². The van der Waals surface area contributed by atoms with Crippen molar-refractivity contribution in [2.75, 3.05) is 13.2 Å². The van der Waals surface area contributed by atoms with E-state index in [0.717, 1.165) is 5.56 Å². The van der Waals surface area contributed by atoms with Crippen LogP contribution >= 0.6 is 0 Å². The molecule has 4 heteroatoms. The highest BCUT2D eigenvalue weighted by atomic mass is 16.5. The van der Waals surface area contributed by atoms with Gasteiger partial charge in [-0.2, -0.15) is 0 Å². The van der Waals surface area contributed by atoms with Gasteiger partial charge < -0.3 is 9.84 Å². The van der Waals surface area contributed by atoms with Crippen molar-refractivity contribution in [3.63, 3.8) is 0 Å². The topological polar surface area (TPSA) is 46.5 Å². The number of carboxylic acids is 1. The van der Waals surface area contributed by atoms with Gasteiger partial charge in [-0.05, 0) is 5.56 Å². The van der Waals surface area contributed by atoms with Crippen LogP contribution in [0.2, 0.25) is 0 Å². The lowest BCUT2D eigenvalue weighted by molar-refractivity contribution is -0.163. The third kappa shape index (κ3) is 1.23. The van der Waals surface area contributed by atoms with E-state index < -0.39 is 11.4 Å². The molecule has 1 N–H and O–H groups in total. The molecule has 1 heterocycles. The lowest BCUT2D eigenvalue weighted by atomic mass is 9.77. The van der Waals surface area contributed by atoms with Crippen LogP contribution in [0.25, 0.3) is 0 Å². The molecule has 70 valence electrons. The van der Waals surface area contributed by atoms with Gasteiger partial charge in [-0.3, -0.25) is 4.79 Å². The van der Waals surface area contributed by atoms with Gasteiger partial charge in [0.15, 0.2) is 0 Å². The zero-order valence-electron chi connectivity index (χ0n) is 7.56. The first-order valence-corrected chi connectivity index (χ1v) is 4.32. The molecule has 0 aromatic heterocycles. The van der Waals surface area contributed by atoms with E-state index in [0.29, 0.717) is 5.46 Å². The zero-order valence-corrected chi connectivity index (χ0v) is 7.56. The van der Waals surface area contributed by atoms with Crippen LogP contribution in [-0.2, 0) is 14.9 Å². The first kappa shape index (κ1) is 9.28. The third-order valence-electron chi connectivity index (χ3n) is 2.57. The Morgan fingerprint density at radius 1 is 1.36 bits per heavy atom. The molecule has 1 saturated heterocycles. The minimum absolute atomic E-state index is 0.242. The van der Waals surface area contributed by atoms with E-state index in [1.165, 1.54) is 0 Å². The predicted octanol–water partition coefficient (Wildman–Crippen LogP) is -0.167. The van der Waals surface area contributed by atoms with Gasteiger partial charge in [-0.1, -0.05) is 29.7 Å². The Morgan fingerprint density at radius 2 is 1.93 bits per heavy atom. The standard InChI is InChI=1S/C10H9BO3/c11-8-3-1-7(2-4-8)10(9(12)13)5-14-6-10/h1-4H,5-6H2,(H,12,13). The maximum absolute atomic E-state index is 11.1. The lowest BCUT2D eigenvalue weighted by Crippen LogP contribution is -2.53. The molecule has 1 aliphatic rings. The second-order valence-corrected chi connectivity index (χ2v) is 3.50. The maximum atomic E-state index is 11.1. The van der Waals surface area contributed by atoms with Crippen molar-refractivity contribution in [2.24, 2.45) is 0 Å². The Kier molecular flexibility index (Phi) is 2.08. The van der Waals surface area contributed by atoms with Crippen molar-refractivity contribution in [1.82, 2.24) is 0 Å². The van der Waals surface area contributed by atoms with Crippen molar-refractivity contribution in [3.05, 3.63) is 29.8 Å². The average molecular weight is 188 g/mol. The molecule has 2 radical (unpaired) electrons. The molecule has 0 amide bonds. The highest BCUT2D eigenvalue weighted by Gasteiger charge is 2.47. The number of hydrogen-bond donors (Lipinski definition) is 1. The van der Waals surface area contributed by atoms with Crippen molar-refractivity contribution in [1.29, 1.82) is 0 Å². The summed E-state index contributed by atoms with van der Waals surface area (Å²) >= 11 is 0. The van der Waals surface area contributed by atoms with Crippen LogP contribution < -0.4 is 5.46 Å². The number of aliphatic carboxylic acids is 1. The molecule has 1 fully saturated rings. The zero-order chi connectivity index (χ0) is 10.2. The van der Waals surface area contributed by atoms with Gasteiger partial charge in [-0.25, -0.2) is 0 Å². The quantitative estimate of drug-likeness (QED) is 0.655. The highest BCUT2D eigenvalue weighted by molar-refractivity contribution is 6.32. The number of carbonyl (C=O) groups is 1. The van der Waals surface area contributed by atoms with E-state index in [2.05, 4.69) is 0 Å².